The van der Waals surface area contributed by atoms with E-state index in [0.29, 0.717) is 11.6 Å². The van der Waals surface area contributed by atoms with E-state index in [1.165, 1.54) is 0 Å². The van der Waals surface area contributed by atoms with Crippen LogP contribution in [0.2, 0.25) is 0 Å². The fraction of sp³-hybridized carbons (Fsp3) is 0.250. The lowest BCUT2D eigenvalue weighted by atomic mass is 10.1. The van der Waals surface area contributed by atoms with E-state index in [1.54, 1.807) is 20.4 Å². The van der Waals surface area contributed by atoms with E-state index in [2.05, 4.69) is 20.5 Å². The topological polar surface area (TPSA) is 59.9 Å². The number of aromatic nitrogens is 3. The summed E-state index contributed by atoms with van der Waals surface area (Å²) < 4.78 is 5.21. The van der Waals surface area contributed by atoms with E-state index in [1.807, 2.05) is 25.1 Å². The lowest BCUT2D eigenvalue weighted by Gasteiger charge is -2.06. The average molecular weight is 230 g/mol. The van der Waals surface area contributed by atoms with Crippen molar-refractivity contribution in [1.82, 2.24) is 15.2 Å². The molecular formula is C12H14N4O. The van der Waals surface area contributed by atoms with Gasteiger partial charge in [0.25, 0.3) is 0 Å². The average Bonchev–Trinajstić information content (AvgIpc) is 2.38. The lowest BCUT2D eigenvalue weighted by Crippen LogP contribution is -1.98. The molecule has 0 amide bonds. The summed E-state index contributed by atoms with van der Waals surface area (Å²) in [6, 6.07) is 5.80. The SMILES string of the molecule is CNc1cnnc(-c2ccc(OC)c(C)c2)n1. The Kier molecular flexibility index (Phi) is 3.18. The van der Waals surface area contributed by atoms with Gasteiger partial charge < -0.3 is 10.1 Å². The van der Waals surface area contributed by atoms with E-state index >= 15 is 0 Å². The predicted octanol–water partition coefficient (Wildman–Crippen LogP) is 1.90. The number of aryl methyl sites for hydroxylation is 1. The van der Waals surface area contributed by atoms with E-state index < -0.39 is 0 Å². The molecule has 0 spiro atoms. The lowest BCUT2D eigenvalue weighted by molar-refractivity contribution is 0.412. The fourth-order valence-electron chi connectivity index (χ4n) is 1.56. The van der Waals surface area contributed by atoms with Crippen molar-refractivity contribution >= 4 is 5.82 Å². The Hall–Kier alpha value is -2.17. The van der Waals surface area contributed by atoms with Crippen molar-refractivity contribution in [2.45, 2.75) is 6.92 Å². The van der Waals surface area contributed by atoms with Crippen molar-refractivity contribution in [3.8, 4) is 17.1 Å². The zero-order valence-corrected chi connectivity index (χ0v) is 10.1. The van der Waals surface area contributed by atoms with E-state index in [-0.39, 0.29) is 0 Å². The van der Waals surface area contributed by atoms with Crippen LogP contribution in [0.15, 0.2) is 24.4 Å². The third-order valence-corrected chi connectivity index (χ3v) is 2.47. The van der Waals surface area contributed by atoms with Gasteiger partial charge in [-0.15, -0.1) is 5.10 Å². The number of rotatable bonds is 3. The molecule has 1 heterocycles. The summed E-state index contributed by atoms with van der Waals surface area (Å²) in [4.78, 5) is 4.33. The highest BCUT2D eigenvalue weighted by Gasteiger charge is 2.06. The van der Waals surface area contributed by atoms with Gasteiger partial charge >= 0.3 is 0 Å². The smallest absolute Gasteiger partial charge is 0.183 e. The Bertz CT molecular complexity index is 528. The molecule has 0 aliphatic carbocycles. The van der Waals surface area contributed by atoms with Crippen molar-refractivity contribution in [2.24, 2.45) is 0 Å². The Morgan fingerprint density at radius 2 is 2.12 bits per heavy atom. The van der Waals surface area contributed by atoms with Crippen LogP contribution in [-0.4, -0.2) is 29.3 Å². The Morgan fingerprint density at radius 3 is 2.76 bits per heavy atom. The maximum atomic E-state index is 5.21. The van der Waals surface area contributed by atoms with Crippen molar-refractivity contribution in [3.05, 3.63) is 30.0 Å². The number of nitrogens with zero attached hydrogens (tertiary/aromatic N) is 3. The molecule has 0 aliphatic rings. The monoisotopic (exact) mass is 230 g/mol. The maximum Gasteiger partial charge on any atom is 0.183 e. The number of methoxy groups -OCH3 is 1. The first kappa shape index (κ1) is 11.3. The molecule has 5 heteroatoms. The fourth-order valence-corrected chi connectivity index (χ4v) is 1.56. The van der Waals surface area contributed by atoms with Crippen LogP contribution in [0.3, 0.4) is 0 Å². The Balaban J connectivity index is 2.42. The first-order valence-corrected chi connectivity index (χ1v) is 5.27. The third-order valence-electron chi connectivity index (χ3n) is 2.47. The van der Waals surface area contributed by atoms with Gasteiger partial charge in [-0.05, 0) is 30.7 Å². The van der Waals surface area contributed by atoms with Crippen molar-refractivity contribution in [3.63, 3.8) is 0 Å². The van der Waals surface area contributed by atoms with Gasteiger partial charge in [0.15, 0.2) is 5.82 Å². The van der Waals surface area contributed by atoms with Gasteiger partial charge in [0, 0.05) is 12.6 Å². The number of anilines is 1. The molecule has 0 atom stereocenters. The minimum atomic E-state index is 0.600. The van der Waals surface area contributed by atoms with Gasteiger partial charge in [-0.2, -0.15) is 5.10 Å². The second-order valence-corrected chi connectivity index (χ2v) is 3.60. The van der Waals surface area contributed by atoms with E-state index in [4.69, 9.17) is 4.74 Å². The normalized spacial score (nSPS) is 10.1. The van der Waals surface area contributed by atoms with Crippen LogP contribution in [0.4, 0.5) is 5.82 Å². The molecule has 0 bridgehead atoms. The quantitative estimate of drug-likeness (QED) is 0.872. The first-order valence-electron chi connectivity index (χ1n) is 5.27. The molecule has 0 saturated carbocycles. The molecular weight excluding hydrogens is 216 g/mol. The van der Waals surface area contributed by atoms with Crippen LogP contribution in [-0.2, 0) is 0 Å². The van der Waals surface area contributed by atoms with Crippen LogP contribution < -0.4 is 10.1 Å². The predicted molar refractivity (Wildman–Crippen MR) is 66.1 cm³/mol. The number of ether oxygens (including phenoxy) is 1. The number of benzene rings is 1. The highest BCUT2D eigenvalue weighted by molar-refractivity contribution is 5.59. The highest BCUT2D eigenvalue weighted by Crippen LogP contribution is 2.23. The molecule has 0 saturated heterocycles. The minimum Gasteiger partial charge on any atom is -0.496 e. The molecule has 2 aromatic rings. The molecule has 1 N–H and O–H groups in total. The molecule has 2 rings (SSSR count). The van der Waals surface area contributed by atoms with Crippen LogP contribution in [0.25, 0.3) is 11.4 Å². The summed E-state index contributed by atoms with van der Waals surface area (Å²) in [6.07, 6.45) is 1.58. The number of nitrogens with one attached hydrogen (secondary N) is 1. The molecule has 0 fully saturated rings. The van der Waals surface area contributed by atoms with Crippen molar-refractivity contribution in [1.29, 1.82) is 0 Å². The highest BCUT2D eigenvalue weighted by atomic mass is 16.5. The molecule has 88 valence electrons. The van der Waals surface area contributed by atoms with Gasteiger partial charge in [-0.25, -0.2) is 4.98 Å². The summed E-state index contributed by atoms with van der Waals surface area (Å²) in [5, 5.41) is 10.8. The summed E-state index contributed by atoms with van der Waals surface area (Å²) in [5.41, 5.74) is 1.97. The molecule has 1 aromatic carbocycles. The molecule has 0 radical (unpaired) electrons. The van der Waals surface area contributed by atoms with Gasteiger partial charge in [-0.3, -0.25) is 0 Å². The van der Waals surface area contributed by atoms with Crippen molar-refractivity contribution < 1.29 is 4.74 Å². The molecule has 0 unspecified atom stereocenters. The second kappa shape index (κ2) is 4.78. The van der Waals surface area contributed by atoms with E-state index in [9.17, 15) is 0 Å². The van der Waals surface area contributed by atoms with Gasteiger partial charge in [0.05, 0.1) is 13.3 Å². The largest absolute Gasteiger partial charge is 0.496 e. The second-order valence-electron chi connectivity index (χ2n) is 3.60. The molecule has 1 aromatic heterocycles. The maximum absolute atomic E-state index is 5.21. The number of hydrogen-bond donors (Lipinski definition) is 1. The van der Waals surface area contributed by atoms with E-state index in [0.717, 1.165) is 16.9 Å². The zero-order valence-electron chi connectivity index (χ0n) is 10.1. The Labute approximate surface area is 99.9 Å². The standard InChI is InChI=1S/C12H14N4O/c1-8-6-9(4-5-10(8)17-3)12-15-11(13-2)7-14-16-12/h4-7H,1-3H3,(H,13,15,16). The van der Waals surface area contributed by atoms with Gasteiger partial charge in [0.2, 0.25) is 0 Å². The van der Waals surface area contributed by atoms with Crippen LogP contribution in [0.1, 0.15) is 5.56 Å². The Morgan fingerprint density at radius 1 is 1.29 bits per heavy atom. The number of hydrogen-bond acceptors (Lipinski definition) is 5. The van der Waals surface area contributed by atoms with Crippen LogP contribution in [0.5, 0.6) is 5.75 Å². The third kappa shape index (κ3) is 2.33. The summed E-state index contributed by atoms with van der Waals surface area (Å²) in [6.45, 7) is 1.98. The van der Waals surface area contributed by atoms with Crippen LogP contribution >= 0.6 is 0 Å². The van der Waals surface area contributed by atoms with Gasteiger partial charge in [-0.1, -0.05) is 0 Å². The summed E-state index contributed by atoms with van der Waals surface area (Å²) in [5.74, 6) is 2.15. The van der Waals surface area contributed by atoms with Gasteiger partial charge in [0.1, 0.15) is 11.6 Å². The first-order chi connectivity index (χ1) is 8.24. The summed E-state index contributed by atoms with van der Waals surface area (Å²) in [7, 11) is 3.45. The zero-order chi connectivity index (χ0) is 12.3. The molecule has 17 heavy (non-hydrogen) atoms. The minimum absolute atomic E-state index is 0.600. The molecule has 0 aliphatic heterocycles. The summed E-state index contributed by atoms with van der Waals surface area (Å²) >= 11 is 0. The van der Waals surface area contributed by atoms with Crippen molar-refractivity contribution in [2.75, 3.05) is 19.5 Å². The molecule has 5 nitrogen and oxygen atoms in total. The van der Waals surface area contributed by atoms with Crippen LogP contribution in [0, 0.1) is 6.92 Å².